The van der Waals surface area contributed by atoms with Crippen molar-refractivity contribution in [2.75, 3.05) is 0 Å². The van der Waals surface area contributed by atoms with Crippen molar-refractivity contribution >= 4 is 39.6 Å². The molecule has 3 rings (SSSR count). The molecule has 0 saturated carbocycles. The van der Waals surface area contributed by atoms with Crippen LogP contribution in [-0.4, -0.2) is 23.7 Å². The number of ketones is 2. The van der Waals surface area contributed by atoms with Crippen molar-refractivity contribution in [2.45, 2.75) is 5.92 Å². The van der Waals surface area contributed by atoms with Gasteiger partial charge < -0.3 is 0 Å². The molecule has 5 nitrogen and oxygen atoms in total. The number of hydrogen-bond acceptors (Lipinski definition) is 4. The van der Waals surface area contributed by atoms with E-state index in [1.54, 1.807) is 72.8 Å². The van der Waals surface area contributed by atoms with E-state index in [1.165, 1.54) is 6.21 Å². The van der Waals surface area contributed by atoms with Crippen LogP contribution in [0.2, 0.25) is 0 Å². The van der Waals surface area contributed by atoms with E-state index in [9.17, 15) is 14.4 Å². The van der Waals surface area contributed by atoms with Gasteiger partial charge in [-0.05, 0) is 23.3 Å². The van der Waals surface area contributed by atoms with E-state index < -0.39 is 23.4 Å². The van der Waals surface area contributed by atoms with Crippen molar-refractivity contribution in [2.24, 2.45) is 5.10 Å². The summed E-state index contributed by atoms with van der Waals surface area (Å²) in [4.78, 5) is 38.2. The molecule has 1 atom stereocenters. The Labute approximate surface area is 176 Å². The standard InChI is InChI=1S/C23H17BrN2O3/c24-19-13-11-16(12-14-19)15-25-26-23(29)22(28)20(17-7-3-1-4-8-17)21(27)18-9-5-2-6-10-18/h1-15,20H,(H,26,29)/b25-15-/t20-/m1/s1. The van der Waals surface area contributed by atoms with Crippen LogP contribution in [0.15, 0.2) is 94.5 Å². The van der Waals surface area contributed by atoms with Gasteiger partial charge in [0.2, 0.25) is 5.78 Å². The van der Waals surface area contributed by atoms with Crippen LogP contribution in [0.5, 0.6) is 0 Å². The first-order chi connectivity index (χ1) is 14.1. The second-order valence-corrected chi connectivity index (χ2v) is 7.10. The highest BCUT2D eigenvalue weighted by atomic mass is 79.9. The summed E-state index contributed by atoms with van der Waals surface area (Å²) in [5, 5.41) is 3.83. The Hall–Kier alpha value is -3.38. The fourth-order valence-electron chi connectivity index (χ4n) is 2.74. The van der Waals surface area contributed by atoms with Gasteiger partial charge in [-0.1, -0.05) is 88.7 Å². The fourth-order valence-corrected chi connectivity index (χ4v) is 3.00. The molecule has 1 amide bonds. The first kappa shape index (κ1) is 20.4. The predicted molar refractivity (Wildman–Crippen MR) is 115 cm³/mol. The lowest BCUT2D eigenvalue weighted by molar-refractivity contribution is -0.138. The number of Topliss-reactive ketones (excluding diaryl/α,β-unsaturated/α-hetero) is 2. The number of amides is 1. The molecule has 0 aliphatic carbocycles. The summed E-state index contributed by atoms with van der Waals surface area (Å²) in [7, 11) is 0. The van der Waals surface area contributed by atoms with Crippen LogP contribution in [-0.2, 0) is 9.59 Å². The maximum atomic E-state index is 13.0. The van der Waals surface area contributed by atoms with Crippen LogP contribution in [0.4, 0.5) is 0 Å². The smallest absolute Gasteiger partial charge is 0.293 e. The van der Waals surface area contributed by atoms with Gasteiger partial charge in [-0.3, -0.25) is 14.4 Å². The van der Waals surface area contributed by atoms with Crippen LogP contribution in [0.1, 0.15) is 27.4 Å². The maximum Gasteiger partial charge on any atom is 0.308 e. The highest BCUT2D eigenvalue weighted by Gasteiger charge is 2.33. The topological polar surface area (TPSA) is 75.6 Å². The molecule has 3 aromatic rings. The Morgan fingerprint density at radius 1 is 0.828 bits per heavy atom. The Bertz CT molecular complexity index is 1030. The molecule has 0 aromatic heterocycles. The number of hydrogen-bond donors (Lipinski definition) is 1. The van der Waals surface area contributed by atoms with Crippen molar-refractivity contribution in [3.05, 3.63) is 106 Å². The average molecular weight is 449 g/mol. The zero-order chi connectivity index (χ0) is 20.6. The Kier molecular flexibility index (Phi) is 6.81. The third kappa shape index (κ3) is 5.33. The number of benzene rings is 3. The molecule has 0 aliphatic heterocycles. The van der Waals surface area contributed by atoms with E-state index in [-0.39, 0.29) is 0 Å². The molecule has 0 unspecified atom stereocenters. The number of hydrazone groups is 1. The van der Waals surface area contributed by atoms with Gasteiger partial charge in [0.1, 0.15) is 5.92 Å². The third-order valence-electron chi connectivity index (χ3n) is 4.19. The molecule has 0 spiro atoms. The maximum absolute atomic E-state index is 13.0. The van der Waals surface area contributed by atoms with E-state index in [4.69, 9.17) is 0 Å². The first-order valence-corrected chi connectivity index (χ1v) is 9.62. The lowest BCUT2D eigenvalue weighted by Gasteiger charge is -2.14. The molecule has 0 bridgehead atoms. The van der Waals surface area contributed by atoms with Gasteiger partial charge >= 0.3 is 5.91 Å². The summed E-state index contributed by atoms with van der Waals surface area (Å²) in [6.45, 7) is 0. The molecule has 0 heterocycles. The molecule has 0 aliphatic rings. The van der Waals surface area contributed by atoms with Gasteiger partial charge in [-0.2, -0.15) is 5.10 Å². The van der Waals surface area contributed by atoms with E-state index in [0.717, 1.165) is 10.0 Å². The highest BCUT2D eigenvalue weighted by Crippen LogP contribution is 2.22. The summed E-state index contributed by atoms with van der Waals surface area (Å²) in [5.41, 5.74) is 3.79. The molecule has 0 saturated heterocycles. The lowest BCUT2D eigenvalue weighted by Crippen LogP contribution is -2.35. The SMILES string of the molecule is O=C(N/N=C\c1ccc(Br)cc1)C(=O)[C@@H](C(=O)c1ccccc1)c1ccccc1. The van der Waals surface area contributed by atoms with Crippen molar-refractivity contribution in [1.82, 2.24) is 5.43 Å². The van der Waals surface area contributed by atoms with Gasteiger partial charge in [0, 0.05) is 10.0 Å². The minimum absolute atomic E-state index is 0.362. The van der Waals surface area contributed by atoms with Crippen LogP contribution >= 0.6 is 15.9 Å². The van der Waals surface area contributed by atoms with Gasteiger partial charge in [0.05, 0.1) is 6.21 Å². The summed E-state index contributed by atoms with van der Waals surface area (Å²) in [5.74, 6) is -3.48. The first-order valence-electron chi connectivity index (χ1n) is 8.83. The summed E-state index contributed by atoms with van der Waals surface area (Å²) >= 11 is 3.34. The molecule has 144 valence electrons. The number of carbonyl (C=O) groups is 3. The van der Waals surface area contributed by atoms with E-state index in [2.05, 4.69) is 26.5 Å². The monoisotopic (exact) mass is 448 g/mol. The zero-order valence-electron chi connectivity index (χ0n) is 15.3. The van der Waals surface area contributed by atoms with Gasteiger partial charge in [-0.15, -0.1) is 0 Å². The zero-order valence-corrected chi connectivity index (χ0v) is 16.9. The highest BCUT2D eigenvalue weighted by molar-refractivity contribution is 9.10. The summed E-state index contributed by atoms with van der Waals surface area (Å²) < 4.78 is 0.916. The average Bonchev–Trinajstić information content (AvgIpc) is 2.76. The second-order valence-electron chi connectivity index (χ2n) is 6.19. The minimum Gasteiger partial charge on any atom is -0.293 e. The van der Waals surface area contributed by atoms with E-state index in [1.807, 2.05) is 12.1 Å². The van der Waals surface area contributed by atoms with Crippen molar-refractivity contribution in [3.8, 4) is 0 Å². The number of rotatable bonds is 7. The van der Waals surface area contributed by atoms with Gasteiger partial charge in [0.15, 0.2) is 5.78 Å². The molecule has 6 heteroatoms. The Morgan fingerprint density at radius 2 is 1.41 bits per heavy atom. The largest absolute Gasteiger partial charge is 0.308 e. The number of nitrogens with zero attached hydrogens (tertiary/aromatic N) is 1. The fraction of sp³-hybridized carbons (Fsp3) is 0.0435. The molecule has 1 N–H and O–H groups in total. The molecular weight excluding hydrogens is 432 g/mol. The molecule has 3 aromatic carbocycles. The van der Waals surface area contributed by atoms with Gasteiger partial charge in [-0.25, -0.2) is 5.43 Å². The summed E-state index contributed by atoms with van der Waals surface area (Å²) in [6, 6.07) is 24.2. The van der Waals surface area contributed by atoms with Crippen molar-refractivity contribution in [3.63, 3.8) is 0 Å². The number of nitrogens with one attached hydrogen (secondary N) is 1. The molecular formula is C23H17BrN2O3. The van der Waals surface area contributed by atoms with Crippen molar-refractivity contribution in [1.29, 1.82) is 0 Å². The quantitative estimate of drug-likeness (QED) is 0.194. The molecule has 0 fully saturated rings. The molecule has 0 radical (unpaired) electrons. The third-order valence-corrected chi connectivity index (χ3v) is 4.72. The normalized spacial score (nSPS) is 11.8. The minimum atomic E-state index is -1.23. The molecule has 29 heavy (non-hydrogen) atoms. The number of halogens is 1. The Balaban J connectivity index is 1.79. The predicted octanol–water partition coefficient (Wildman–Crippen LogP) is 4.14. The van der Waals surface area contributed by atoms with Crippen LogP contribution in [0.3, 0.4) is 0 Å². The van der Waals surface area contributed by atoms with Crippen LogP contribution in [0.25, 0.3) is 0 Å². The van der Waals surface area contributed by atoms with E-state index >= 15 is 0 Å². The van der Waals surface area contributed by atoms with Crippen LogP contribution in [0, 0.1) is 0 Å². The second kappa shape index (κ2) is 9.71. The lowest BCUT2D eigenvalue weighted by atomic mass is 9.87. The van der Waals surface area contributed by atoms with E-state index in [0.29, 0.717) is 11.1 Å². The Morgan fingerprint density at radius 3 is 2.03 bits per heavy atom. The van der Waals surface area contributed by atoms with Crippen molar-refractivity contribution < 1.29 is 14.4 Å². The van der Waals surface area contributed by atoms with Crippen LogP contribution < -0.4 is 5.43 Å². The van der Waals surface area contributed by atoms with Gasteiger partial charge in [0.25, 0.3) is 0 Å². The summed E-state index contributed by atoms with van der Waals surface area (Å²) in [6.07, 6.45) is 1.42. The number of carbonyl (C=O) groups excluding carboxylic acids is 3.